The second kappa shape index (κ2) is 7.71. The Morgan fingerprint density at radius 3 is 2.69 bits per heavy atom. The normalized spacial score (nSPS) is 21.0. The standard InChI is InChI=1S/C21H30N4.ClH/c1-16-5-4-6-18(17(16)2)14-25(15-20-23-11-12-24(20)3)19-13-21(19)7-9-22-10-8-21;/h4-6,11-12,19,22H,7-10,13-15H2,1-3H3;1H. The van der Waals surface area contributed by atoms with Gasteiger partial charge in [0.2, 0.25) is 0 Å². The van der Waals surface area contributed by atoms with E-state index in [4.69, 9.17) is 0 Å². The van der Waals surface area contributed by atoms with Crippen molar-refractivity contribution in [2.45, 2.75) is 52.2 Å². The lowest BCUT2D eigenvalue weighted by Crippen LogP contribution is -2.36. The fraction of sp³-hybridized carbons (Fsp3) is 0.571. The van der Waals surface area contributed by atoms with E-state index in [9.17, 15) is 0 Å². The van der Waals surface area contributed by atoms with E-state index >= 15 is 0 Å². The average Bonchev–Trinajstić information content (AvgIpc) is 3.13. The van der Waals surface area contributed by atoms with Gasteiger partial charge in [-0.1, -0.05) is 18.2 Å². The Bertz CT molecular complexity index is 748. The number of aromatic nitrogens is 2. The summed E-state index contributed by atoms with van der Waals surface area (Å²) in [5, 5.41) is 3.53. The van der Waals surface area contributed by atoms with Crippen molar-refractivity contribution in [2.24, 2.45) is 12.5 Å². The van der Waals surface area contributed by atoms with Crippen LogP contribution in [0.1, 0.15) is 41.8 Å². The Morgan fingerprint density at radius 2 is 2.00 bits per heavy atom. The molecule has 0 bridgehead atoms. The van der Waals surface area contributed by atoms with Crippen molar-refractivity contribution < 1.29 is 0 Å². The van der Waals surface area contributed by atoms with Gasteiger partial charge >= 0.3 is 0 Å². The smallest absolute Gasteiger partial charge is 0.122 e. The van der Waals surface area contributed by atoms with Gasteiger partial charge in [0.25, 0.3) is 0 Å². The molecule has 4 rings (SSSR count). The molecule has 2 aromatic rings. The van der Waals surface area contributed by atoms with Crippen LogP contribution in [0.2, 0.25) is 0 Å². The van der Waals surface area contributed by atoms with E-state index in [1.165, 1.54) is 54.9 Å². The quantitative estimate of drug-likeness (QED) is 0.867. The van der Waals surface area contributed by atoms with Gasteiger partial charge in [0.05, 0.1) is 6.54 Å². The van der Waals surface area contributed by atoms with Gasteiger partial charge in [-0.3, -0.25) is 4.90 Å². The third-order valence-corrected chi connectivity index (χ3v) is 6.54. The van der Waals surface area contributed by atoms with Crippen LogP contribution in [0.5, 0.6) is 0 Å². The van der Waals surface area contributed by atoms with Crippen LogP contribution in [-0.4, -0.2) is 33.6 Å². The first-order valence-corrected chi connectivity index (χ1v) is 9.55. The minimum Gasteiger partial charge on any atom is -0.337 e. The number of imidazole rings is 1. The first-order valence-electron chi connectivity index (χ1n) is 9.55. The van der Waals surface area contributed by atoms with Crippen molar-refractivity contribution in [3.8, 4) is 0 Å². The molecule has 1 aliphatic carbocycles. The molecule has 1 atom stereocenters. The molecule has 2 fully saturated rings. The van der Waals surface area contributed by atoms with Crippen LogP contribution in [0.15, 0.2) is 30.6 Å². The summed E-state index contributed by atoms with van der Waals surface area (Å²) < 4.78 is 2.16. The molecule has 1 unspecified atom stereocenters. The zero-order chi connectivity index (χ0) is 17.4. The second-order valence-corrected chi connectivity index (χ2v) is 8.05. The second-order valence-electron chi connectivity index (χ2n) is 8.05. The number of piperidine rings is 1. The van der Waals surface area contributed by atoms with E-state index in [1.807, 2.05) is 6.20 Å². The Hall–Kier alpha value is -1.36. The van der Waals surface area contributed by atoms with Crippen LogP contribution in [-0.2, 0) is 20.1 Å². The number of hydrogen-bond donors (Lipinski definition) is 1. The molecule has 26 heavy (non-hydrogen) atoms. The highest BCUT2D eigenvalue weighted by molar-refractivity contribution is 5.85. The van der Waals surface area contributed by atoms with Crippen LogP contribution in [0, 0.1) is 19.3 Å². The molecule has 1 aromatic carbocycles. The lowest BCUT2D eigenvalue weighted by atomic mass is 9.93. The van der Waals surface area contributed by atoms with E-state index in [0.29, 0.717) is 11.5 Å². The molecule has 2 heterocycles. The number of aryl methyl sites for hydroxylation is 2. The van der Waals surface area contributed by atoms with Crippen molar-refractivity contribution in [1.82, 2.24) is 19.8 Å². The molecule has 1 aliphatic heterocycles. The van der Waals surface area contributed by atoms with Gasteiger partial charge in [-0.15, -0.1) is 12.4 Å². The van der Waals surface area contributed by atoms with Crippen LogP contribution < -0.4 is 5.32 Å². The monoisotopic (exact) mass is 374 g/mol. The van der Waals surface area contributed by atoms with Gasteiger partial charge < -0.3 is 9.88 Å². The van der Waals surface area contributed by atoms with E-state index in [2.05, 4.69) is 65.1 Å². The fourth-order valence-corrected chi connectivity index (χ4v) is 4.51. The molecule has 1 saturated carbocycles. The Morgan fingerprint density at radius 1 is 1.23 bits per heavy atom. The van der Waals surface area contributed by atoms with Crippen LogP contribution >= 0.6 is 12.4 Å². The third-order valence-electron chi connectivity index (χ3n) is 6.54. The number of halogens is 1. The summed E-state index contributed by atoms with van der Waals surface area (Å²) in [6.45, 7) is 8.80. The van der Waals surface area contributed by atoms with Crippen molar-refractivity contribution in [2.75, 3.05) is 13.1 Å². The fourth-order valence-electron chi connectivity index (χ4n) is 4.51. The first kappa shape index (κ1) is 19.4. The maximum Gasteiger partial charge on any atom is 0.122 e. The number of nitrogens with zero attached hydrogens (tertiary/aromatic N) is 3. The summed E-state index contributed by atoms with van der Waals surface area (Å²) in [6.07, 6.45) is 7.96. The van der Waals surface area contributed by atoms with Crippen molar-refractivity contribution in [3.63, 3.8) is 0 Å². The van der Waals surface area contributed by atoms with Crippen molar-refractivity contribution >= 4 is 12.4 Å². The summed E-state index contributed by atoms with van der Waals surface area (Å²) in [7, 11) is 2.10. The zero-order valence-electron chi connectivity index (χ0n) is 16.2. The molecule has 1 saturated heterocycles. The number of hydrogen-bond acceptors (Lipinski definition) is 3. The molecular formula is C21H31ClN4. The minimum absolute atomic E-state index is 0. The van der Waals surface area contributed by atoms with E-state index < -0.39 is 0 Å². The van der Waals surface area contributed by atoms with Crippen molar-refractivity contribution in [1.29, 1.82) is 0 Å². The highest BCUT2D eigenvalue weighted by atomic mass is 35.5. The highest BCUT2D eigenvalue weighted by Crippen LogP contribution is 2.56. The molecule has 1 aromatic heterocycles. The summed E-state index contributed by atoms with van der Waals surface area (Å²) in [6, 6.07) is 7.41. The molecule has 1 N–H and O–H groups in total. The molecule has 0 amide bonds. The number of nitrogens with one attached hydrogen (secondary N) is 1. The molecule has 142 valence electrons. The SMILES string of the molecule is Cc1cccc(CN(Cc2nccn2C)C2CC23CCNCC3)c1C.Cl. The topological polar surface area (TPSA) is 33.1 Å². The maximum atomic E-state index is 4.59. The Labute approximate surface area is 163 Å². The minimum atomic E-state index is 0. The average molecular weight is 375 g/mol. The Kier molecular flexibility index (Phi) is 5.75. The first-order chi connectivity index (χ1) is 12.1. The zero-order valence-corrected chi connectivity index (χ0v) is 17.0. The van der Waals surface area contributed by atoms with Gasteiger partial charge in [0.1, 0.15) is 5.82 Å². The summed E-state index contributed by atoms with van der Waals surface area (Å²) >= 11 is 0. The van der Waals surface area contributed by atoms with E-state index in [0.717, 1.165) is 13.1 Å². The van der Waals surface area contributed by atoms with Crippen LogP contribution in [0.4, 0.5) is 0 Å². The lowest BCUT2D eigenvalue weighted by Gasteiger charge is -2.30. The summed E-state index contributed by atoms with van der Waals surface area (Å²) in [5.41, 5.74) is 4.84. The lowest BCUT2D eigenvalue weighted by molar-refractivity contribution is 0.182. The van der Waals surface area contributed by atoms with Crippen LogP contribution in [0.3, 0.4) is 0 Å². The predicted molar refractivity (Wildman–Crippen MR) is 109 cm³/mol. The molecule has 2 aliphatic rings. The highest BCUT2D eigenvalue weighted by Gasteiger charge is 2.56. The Balaban J connectivity index is 0.00000196. The predicted octanol–water partition coefficient (Wildman–Crippen LogP) is 3.60. The largest absolute Gasteiger partial charge is 0.337 e. The molecular weight excluding hydrogens is 344 g/mol. The summed E-state index contributed by atoms with van der Waals surface area (Å²) in [5.74, 6) is 1.17. The molecule has 5 heteroatoms. The van der Waals surface area contributed by atoms with Gasteiger partial charge in [-0.2, -0.15) is 0 Å². The van der Waals surface area contributed by atoms with Gasteiger partial charge in [0.15, 0.2) is 0 Å². The van der Waals surface area contributed by atoms with Gasteiger partial charge in [0, 0.05) is 32.0 Å². The third kappa shape index (κ3) is 3.68. The number of benzene rings is 1. The summed E-state index contributed by atoms with van der Waals surface area (Å²) in [4.78, 5) is 7.28. The van der Waals surface area contributed by atoms with E-state index in [-0.39, 0.29) is 12.4 Å². The van der Waals surface area contributed by atoms with E-state index in [1.54, 1.807) is 0 Å². The van der Waals surface area contributed by atoms with Gasteiger partial charge in [-0.05, 0) is 68.3 Å². The maximum absolute atomic E-state index is 4.59. The van der Waals surface area contributed by atoms with Crippen LogP contribution in [0.25, 0.3) is 0 Å². The van der Waals surface area contributed by atoms with Crippen molar-refractivity contribution in [3.05, 3.63) is 53.1 Å². The molecule has 4 nitrogen and oxygen atoms in total. The number of rotatable bonds is 5. The molecule has 0 radical (unpaired) electrons. The molecule has 1 spiro atoms. The van der Waals surface area contributed by atoms with Gasteiger partial charge in [-0.25, -0.2) is 4.98 Å².